The first-order chi connectivity index (χ1) is 7.16. The van der Waals surface area contributed by atoms with Gasteiger partial charge in [-0.25, -0.2) is 0 Å². The number of anilines is 1. The van der Waals surface area contributed by atoms with Gasteiger partial charge < -0.3 is 10.3 Å². The molecule has 2 aromatic rings. The van der Waals surface area contributed by atoms with Crippen molar-refractivity contribution in [2.24, 2.45) is 0 Å². The van der Waals surface area contributed by atoms with Gasteiger partial charge in [0.15, 0.2) is 0 Å². The molecule has 78 valence electrons. The average molecular weight is 222 g/mol. The van der Waals surface area contributed by atoms with Crippen LogP contribution in [0.15, 0.2) is 23.1 Å². The molecular weight excluding hydrogens is 212 g/mol. The van der Waals surface area contributed by atoms with E-state index in [-0.39, 0.29) is 5.56 Å². The van der Waals surface area contributed by atoms with Crippen LogP contribution < -0.4 is 11.3 Å². The number of nitrogen functional groups attached to an aromatic ring is 1. The van der Waals surface area contributed by atoms with Crippen molar-refractivity contribution < 1.29 is 0 Å². The molecular formula is C9H10N4OS. The fourth-order valence-electron chi connectivity index (χ4n) is 1.26. The van der Waals surface area contributed by atoms with E-state index >= 15 is 0 Å². The van der Waals surface area contributed by atoms with E-state index in [9.17, 15) is 4.79 Å². The number of aromatic nitrogens is 3. The van der Waals surface area contributed by atoms with Crippen LogP contribution in [0.25, 0.3) is 0 Å². The molecule has 5 nitrogen and oxygen atoms in total. The molecule has 0 aliphatic rings. The fourth-order valence-corrected chi connectivity index (χ4v) is 1.87. The van der Waals surface area contributed by atoms with E-state index in [0.29, 0.717) is 11.7 Å². The van der Waals surface area contributed by atoms with E-state index in [2.05, 4.69) is 10.2 Å². The van der Waals surface area contributed by atoms with E-state index in [0.717, 1.165) is 10.6 Å². The van der Waals surface area contributed by atoms with E-state index in [1.54, 1.807) is 23.8 Å². The van der Waals surface area contributed by atoms with E-state index in [4.69, 9.17) is 5.73 Å². The number of rotatable bonds is 2. The molecule has 0 aliphatic heterocycles. The van der Waals surface area contributed by atoms with Gasteiger partial charge in [-0.1, -0.05) is 17.4 Å². The summed E-state index contributed by atoms with van der Waals surface area (Å²) in [5, 5.41) is 8.72. The summed E-state index contributed by atoms with van der Waals surface area (Å²) in [6.45, 7) is 2.21. The van der Waals surface area contributed by atoms with Crippen LogP contribution in [0.4, 0.5) is 5.13 Å². The van der Waals surface area contributed by atoms with Gasteiger partial charge in [0.25, 0.3) is 5.56 Å². The molecule has 0 amide bonds. The van der Waals surface area contributed by atoms with E-state index in [1.807, 2.05) is 6.07 Å². The molecule has 2 N–H and O–H groups in total. The predicted molar refractivity (Wildman–Crippen MR) is 58.9 cm³/mol. The summed E-state index contributed by atoms with van der Waals surface area (Å²) in [4.78, 5) is 11.7. The third-order valence-electron chi connectivity index (χ3n) is 2.00. The van der Waals surface area contributed by atoms with Gasteiger partial charge in [-0.15, -0.1) is 10.2 Å². The van der Waals surface area contributed by atoms with Gasteiger partial charge >= 0.3 is 0 Å². The Morgan fingerprint density at radius 2 is 2.33 bits per heavy atom. The zero-order valence-corrected chi connectivity index (χ0v) is 8.99. The number of pyridine rings is 1. The third-order valence-corrected chi connectivity index (χ3v) is 2.74. The lowest BCUT2D eigenvalue weighted by molar-refractivity contribution is 0.738. The minimum Gasteiger partial charge on any atom is -0.374 e. The number of hydrogen-bond donors (Lipinski definition) is 1. The van der Waals surface area contributed by atoms with Gasteiger partial charge in [-0.05, 0) is 13.0 Å². The molecule has 0 bridgehead atoms. The molecule has 0 atom stereocenters. The molecule has 0 unspecified atom stereocenters. The smallest absolute Gasteiger partial charge is 0.253 e. The molecule has 0 aromatic carbocycles. The maximum Gasteiger partial charge on any atom is 0.253 e. The second kappa shape index (κ2) is 3.82. The van der Waals surface area contributed by atoms with Crippen molar-refractivity contribution in [2.75, 3.05) is 5.73 Å². The van der Waals surface area contributed by atoms with Gasteiger partial charge in [-0.2, -0.15) is 0 Å². The van der Waals surface area contributed by atoms with Crippen LogP contribution in [0, 0.1) is 6.92 Å². The Hall–Kier alpha value is -1.69. The molecule has 6 heteroatoms. The van der Waals surface area contributed by atoms with Crippen LogP contribution in [-0.2, 0) is 6.54 Å². The lowest BCUT2D eigenvalue weighted by Gasteiger charge is -2.02. The lowest BCUT2D eigenvalue weighted by Crippen LogP contribution is -2.21. The van der Waals surface area contributed by atoms with Crippen LogP contribution in [0.3, 0.4) is 0 Å². The summed E-state index contributed by atoms with van der Waals surface area (Å²) >= 11 is 1.29. The molecule has 0 fully saturated rings. The predicted octanol–water partition coefficient (Wildman–Crippen LogP) is 0.639. The van der Waals surface area contributed by atoms with Crippen LogP contribution in [-0.4, -0.2) is 14.8 Å². The Labute approximate surface area is 90.2 Å². The van der Waals surface area contributed by atoms with Crippen molar-refractivity contribution in [1.29, 1.82) is 0 Å². The van der Waals surface area contributed by atoms with Gasteiger partial charge in [0, 0.05) is 11.8 Å². The zero-order valence-electron chi connectivity index (χ0n) is 8.17. The number of aryl methyl sites for hydroxylation is 1. The summed E-state index contributed by atoms with van der Waals surface area (Å²) in [5.41, 5.74) is 6.17. The first kappa shape index (κ1) is 9.85. The molecule has 0 radical (unpaired) electrons. The van der Waals surface area contributed by atoms with Crippen LogP contribution in [0.1, 0.15) is 10.6 Å². The summed E-state index contributed by atoms with van der Waals surface area (Å²) in [5.74, 6) is 0. The second-order valence-corrected chi connectivity index (χ2v) is 4.25. The van der Waals surface area contributed by atoms with Crippen molar-refractivity contribution in [1.82, 2.24) is 14.8 Å². The second-order valence-electron chi connectivity index (χ2n) is 3.16. The lowest BCUT2D eigenvalue weighted by atomic mass is 10.3. The molecule has 0 spiro atoms. The Balaban J connectivity index is 2.32. The highest BCUT2D eigenvalue weighted by Gasteiger charge is 2.04. The maximum atomic E-state index is 11.7. The van der Waals surface area contributed by atoms with Crippen molar-refractivity contribution in [3.05, 3.63) is 39.3 Å². The fraction of sp³-hybridized carbons (Fsp3) is 0.222. The normalized spacial score (nSPS) is 10.5. The largest absolute Gasteiger partial charge is 0.374 e. The molecule has 0 aliphatic carbocycles. The molecule has 15 heavy (non-hydrogen) atoms. The molecule has 0 saturated carbocycles. The van der Waals surface area contributed by atoms with E-state index in [1.165, 1.54) is 11.3 Å². The third kappa shape index (κ3) is 2.04. The van der Waals surface area contributed by atoms with E-state index < -0.39 is 0 Å². The molecule has 2 rings (SSSR count). The summed E-state index contributed by atoms with van der Waals surface area (Å²) in [6.07, 6.45) is 1.73. The number of nitrogens with zero attached hydrogens (tertiary/aromatic N) is 3. The monoisotopic (exact) mass is 222 g/mol. The first-order valence-corrected chi connectivity index (χ1v) is 5.22. The quantitative estimate of drug-likeness (QED) is 0.809. The Morgan fingerprint density at radius 1 is 1.53 bits per heavy atom. The summed E-state index contributed by atoms with van der Waals surface area (Å²) < 4.78 is 1.59. The number of hydrogen-bond acceptors (Lipinski definition) is 5. The molecule has 2 heterocycles. The van der Waals surface area contributed by atoms with Crippen LogP contribution >= 0.6 is 11.3 Å². The Bertz CT molecular complexity index is 531. The topological polar surface area (TPSA) is 73.8 Å². The standard InChI is InChI=1S/C9H10N4OS/c1-6-3-2-4-13(8(6)14)5-7-11-12-9(10)15-7/h2-4H,5H2,1H3,(H2,10,12). The van der Waals surface area contributed by atoms with Gasteiger partial charge in [0.1, 0.15) is 5.01 Å². The zero-order chi connectivity index (χ0) is 10.8. The maximum absolute atomic E-state index is 11.7. The minimum absolute atomic E-state index is 0.00808. The van der Waals surface area contributed by atoms with Gasteiger partial charge in [0.2, 0.25) is 5.13 Å². The minimum atomic E-state index is -0.00808. The van der Waals surface area contributed by atoms with Crippen molar-refractivity contribution >= 4 is 16.5 Å². The average Bonchev–Trinajstić information content (AvgIpc) is 2.59. The van der Waals surface area contributed by atoms with Crippen molar-refractivity contribution in [3.63, 3.8) is 0 Å². The Morgan fingerprint density at radius 3 is 3.00 bits per heavy atom. The SMILES string of the molecule is Cc1cccn(Cc2nnc(N)s2)c1=O. The van der Waals surface area contributed by atoms with Gasteiger partial charge in [0.05, 0.1) is 6.54 Å². The van der Waals surface area contributed by atoms with Gasteiger partial charge in [-0.3, -0.25) is 4.79 Å². The number of nitrogens with two attached hydrogens (primary N) is 1. The molecule has 2 aromatic heterocycles. The highest BCUT2D eigenvalue weighted by Crippen LogP contribution is 2.11. The summed E-state index contributed by atoms with van der Waals surface area (Å²) in [6, 6.07) is 3.62. The van der Waals surface area contributed by atoms with Crippen LogP contribution in [0.5, 0.6) is 0 Å². The highest BCUT2D eigenvalue weighted by molar-refractivity contribution is 7.15. The Kier molecular flexibility index (Phi) is 2.51. The molecule has 0 saturated heterocycles. The van der Waals surface area contributed by atoms with Crippen molar-refractivity contribution in [3.8, 4) is 0 Å². The van der Waals surface area contributed by atoms with Crippen molar-refractivity contribution in [2.45, 2.75) is 13.5 Å². The summed E-state index contributed by atoms with van der Waals surface area (Å²) in [7, 11) is 0. The van der Waals surface area contributed by atoms with Crippen LogP contribution in [0.2, 0.25) is 0 Å². The highest BCUT2D eigenvalue weighted by atomic mass is 32.1. The first-order valence-electron chi connectivity index (χ1n) is 4.41.